The monoisotopic (exact) mass is 450 g/mol. The highest BCUT2D eigenvalue weighted by atomic mass is 35.5. The molecule has 0 aliphatic rings. The summed E-state index contributed by atoms with van der Waals surface area (Å²) in [6.45, 7) is 1.72. The molecule has 1 heterocycles. The van der Waals surface area contributed by atoms with Gasteiger partial charge in [-0.1, -0.05) is 36.7 Å². The summed E-state index contributed by atoms with van der Waals surface area (Å²) in [5, 5.41) is 0.884. The first kappa shape index (κ1) is 21.5. The van der Waals surface area contributed by atoms with E-state index < -0.39 is 5.97 Å². The molecule has 0 radical (unpaired) electrons. The minimum atomic E-state index is -0.599. The van der Waals surface area contributed by atoms with E-state index in [4.69, 9.17) is 30.2 Å². The largest absolute Gasteiger partial charge is 0.482 e. The van der Waals surface area contributed by atoms with Crippen molar-refractivity contribution in [3.63, 3.8) is 0 Å². The van der Waals surface area contributed by atoms with E-state index in [-0.39, 0.29) is 29.1 Å². The van der Waals surface area contributed by atoms with Crippen molar-refractivity contribution in [2.75, 3.05) is 6.61 Å². The quantitative estimate of drug-likeness (QED) is 0.262. The summed E-state index contributed by atoms with van der Waals surface area (Å²) >= 11 is 5.82. The highest BCUT2D eigenvalue weighted by Crippen LogP contribution is 2.26. The highest BCUT2D eigenvalue weighted by molar-refractivity contribution is 6.30. The molecular weight excluding hydrogens is 432 g/mol. The molecule has 0 saturated heterocycles. The summed E-state index contributed by atoms with van der Waals surface area (Å²) in [5.74, 6) is 0.813. The van der Waals surface area contributed by atoms with E-state index in [0.29, 0.717) is 21.9 Å². The molecule has 7 heteroatoms. The Kier molecular flexibility index (Phi) is 6.42. The average Bonchev–Trinajstić information content (AvgIpc) is 2.81. The fourth-order valence-electron chi connectivity index (χ4n) is 3.07. The first-order chi connectivity index (χ1) is 15.5. The van der Waals surface area contributed by atoms with Crippen LogP contribution in [0.1, 0.15) is 12.5 Å². The van der Waals surface area contributed by atoms with Crippen molar-refractivity contribution in [1.82, 2.24) is 0 Å². The number of hydrogen-bond acceptors (Lipinski definition) is 6. The summed E-state index contributed by atoms with van der Waals surface area (Å²) < 4.78 is 22.0. The van der Waals surface area contributed by atoms with Crippen LogP contribution in [-0.2, 0) is 11.2 Å². The van der Waals surface area contributed by atoms with Gasteiger partial charge in [0, 0.05) is 11.1 Å². The fraction of sp³-hybridized carbons (Fsp3) is 0.120. The number of esters is 1. The molecule has 0 saturated carbocycles. The van der Waals surface area contributed by atoms with Crippen LogP contribution in [0.5, 0.6) is 23.0 Å². The number of fused-ring (bicyclic) bond motifs is 1. The van der Waals surface area contributed by atoms with Gasteiger partial charge in [0.25, 0.3) is 0 Å². The van der Waals surface area contributed by atoms with Crippen molar-refractivity contribution in [2.45, 2.75) is 13.3 Å². The number of benzene rings is 3. The van der Waals surface area contributed by atoms with E-state index >= 15 is 0 Å². The van der Waals surface area contributed by atoms with Gasteiger partial charge in [0.15, 0.2) is 6.61 Å². The van der Waals surface area contributed by atoms with Gasteiger partial charge < -0.3 is 18.6 Å². The average molecular weight is 451 g/mol. The van der Waals surface area contributed by atoms with Crippen LogP contribution in [-0.4, -0.2) is 12.6 Å². The van der Waals surface area contributed by atoms with Gasteiger partial charge in [0.05, 0.1) is 5.39 Å². The van der Waals surface area contributed by atoms with Crippen LogP contribution >= 0.6 is 11.6 Å². The molecule has 0 unspecified atom stereocenters. The summed E-state index contributed by atoms with van der Waals surface area (Å²) in [4.78, 5) is 24.9. The maximum absolute atomic E-state index is 12.8. The van der Waals surface area contributed by atoms with Crippen molar-refractivity contribution in [3.8, 4) is 23.0 Å². The zero-order valence-corrected chi connectivity index (χ0v) is 17.9. The molecule has 0 aliphatic carbocycles. The third-order valence-corrected chi connectivity index (χ3v) is 4.94. The Hall–Kier alpha value is -3.77. The molecule has 6 nitrogen and oxygen atoms in total. The number of ether oxygens (including phenoxy) is 3. The van der Waals surface area contributed by atoms with Gasteiger partial charge >= 0.3 is 5.97 Å². The molecule has 3 aromatic carbocycles. The van der Waals surface area contributed by atoms with Crippen LogP contribution < -0.4 is 19.6 Å². The summed E-state index contributed by atoms with van der Waals surface area (Å²) in [5.41, 5.74) is 0.936. The molecule has 1 aromatic heterocycles. The molecule has 32 heavy (non-hydrogen) atoms. The van der Waals surface area contributed by atoms with E-state index in [1.165, 1.54) is 24.5 Å². The standard InChI is InChI=1S/C25H19ClO6/c1-2-16-5-3-4-6-21(16)32-23-14-30-22-13-19(11-12-20(22)25(23)28)31-24(27)15-29-18-9-7-17(26)8-10-18/h3-14H,2,15H2,1H3. The second-order valence-corrected chi connectivity index (χ2v) is 7.30. The Labute approximate surface area is 188 Å². The van der Waals surface area contributed by atoms with Crippen LogP contribution in [0.15, 0.2) is 82.2 Å². The highest BCUT2D eigenvalue weighted by Gasteiger charge is 2.13. The van der Waals surface area contributed by atoms with Crippen molar-refractivity contribution in [3.05, 3.63) is 93.8 Å². The van der Waals surface area contributed by atoms with Crippen molar-refractivity contribution in [1.29, 1.82) is 0 Å². The topological polar surface area (TPSA) is 75.0 Å². The number of rotatable bonds is 7. The van der Waals surface area contributed by atoms with Crippen LogP contribution in [0.3, 0.4) is 0 Å². The molecule has 0 atom stereocenters. The summed E-state index contributed by atoms with van der Waals surface area (Å²) in [6, 6.07) is 18.6. The van der Waals surface area contributed by atoms with Gasteiger partial charge in [-0.2, -0.15) is 0 Å². The lowest BCUT2D eigenvalue weighted by Gasteiger charge is -2.10. The third-order valence-electron chi connectivity index (χ3n) is 4.69. The van der Waals surface area contributed by atoms with Gasteiger partial charge in [0.1, 0.15) is 29.1 Å². The Morgan fingerprint density at radius 1 is 0.969 bits per heavy atom. The van der Waals surface area contributed by atoms with E-state index in [9.17, 15) is 9.59 Å². The van der Waals surface area contributed by atoms with Crippen LogP contribution in [0.4, 0.5) is 0 Å². The van der Waals surface area contributed by atoms with Crippen molar-refractivity contribution >= 4 is 28.5 Å². The van der Waals surface area contributed by atoms with E-state index in [2.05, 4.69) is 0 Å². The van der Waals surface area contributed by atoms with Crippen LogP contribution in [0.2, 0.25) is 5.02 Å². The zero-order chi connectivity index (χ0) is 22.5. The lowest BCUT2D eigenvalue weighted by Crippen LogP contribution is -2.17. The van der Waals surface area contributed by atoms with E-state index in [0.717, 1.165) is 12.0 Å². The Morgan fingerprint density at radius 3 is 2.50 bits per heavy atom. The number of aryl methyl sites for hydroxylation is 1. The lowest BCUT2D eigenvalue weighted by atomic mass is 10.1. The predicted octanol–water partition coefficient (Wildman–Crippen LogP) is 5.79. The zero-order valence-electron chi connectivity index (χ0n) is 17.2. The second-order valence-electron chi connectivity index (χ2n) is 6.87. The maximum atomic E-state index is 12.8. The molecule has 4 rings (SSSR count). The minimum Gasteiger partial charge on any atom is -0.482 e. The van der Waals surface area contributed by atoms with Crippen LogP contribution in [0.25, 0.3) is 11.0 Å². The molecule has 162 valence electrons. The minimum absolute atomic E-state index is 0.0829. The van der Waals surface area contributed by atoms with Gasteiger partial charge in [-0.05, 0) is 54.4 Å². The molecule has 0 bridgehead atoms. The van der Waals surface area contributed by atoms with Crippen LogP contribution in [0, 0.1) is 0 Å². The molecular formula is C25H19ClO6. The summed E-state index contributed by atoms with van der Waals surface area (Å²) in [7, 11) is 0. The number of para-hydroxylation sites is 1. The summed E-state index contributed by atoms with van der Waals surface area (Å²) in [6.07, 6.45) is 2.03. The number of carbonyl (C=O) groups excluding carboxylic acids is 1. The molecule has 0 aliphatic heterocycles. The van der Waals surface area contributed by atoms with E-state index in [1.54, 1.807) is 30.3 Å². The molecule has 0 spiro atoms. The maximum Gasteiger partial charge on any atom is 0.349 e. The second kappa shape index (κ2) is 9.58. The Bertz CT molecular complexity index is 1310. The van der Waals surface area contributed by atoms with Crippen molar-refractivity contribution < 1.29 is 23.4 Å². The lowest BCUT2D eigenvalue weighted by molar-refractivity contribution is -0.136. The van der Waals surface area contributed by atoms with Gasteiger partial charge in [-0.3, -0.25) is 4.79 Å². The van der Waals surface area contributed by atoms with Gasteiger partial charge in [-0.15, -0.1) is 0 Å². The number of halogens is 1. The fourth-order valence-corrected chi connectivity index (χ4v) is 3.20. The van der Waals surface area contributed by atoms with Gasteiger partial charge in [-0.25, -0.2) is 4.79 Å². The SMILES string of the molecule is CCc1ccccc1Oc1coc2cc(OC(=O)COc3ccc(Cl)cc3)ccc2c1=O. The third kappa shape index (κ3) is 4.92. The Balaban J connectivity index is 1.47. The first-order valence-corrected chi connectivity index (χ1v) is 10.3. The predicted molar refractivity (Wildman–Crippen MR) is 121 cm³/mol. The first-order valence-electron chi connectivity index (χ1n) is 9.94. The number of carbonyl (C=O) groups is 1. The Morgan fingerprint density at radius 2 is 1.72 bits per heavy atom. The molecule has 4 aromatic rings. The molecule has 0 amide bonds. The van der Waals surface area contributed by atoms with E-state index in [1.807, 2.05) is 25.1 Å². The normalized spacial score (nSPS) is 10.7. The van der Waals surface area contributed by atoms with Gasteiger partial charge in [0.2, 0.25) is 11.2 Å². The smallest absolute Gasteiger partial charge is 0.349 e. The molecule has 0 fully saturated rings. The molecule has 0 N–H and O–H groups in total. The number of hydrogen-bond donors (Lipinski definition) is 0. The van der Waals surface area contributed by atoms with Crippen molar-refractivity contribution in [2.24, 2.45) is 0 Å².